The molecular formula is C23H20N4O2. The fraction of sp³-hybridized carbons (Fsp3) is 0.0870. The van der Waals surface area contributed by atoms with Crippen molar-refractivity contribution < 1.29 is 9.90 Å². The summed E-state index contributed by atoms with van der Waals surface area (Å²) in [5.74, 6) is 1.24. The summed E-state index contributed by atoms with van der Waals surface area (Å²) in [5, 5.41) is 17.5. The minimum atomic E-state index is -0.238. The van der Waals surface area contributed by atoms with Gasteiger partial charge in [-0.05, 0) is 47.7 Å². The van der Waals surface area contributed by atoms with E-state index in [0.29, 0.717) is 30.3 Å². The highest BCUT2D eigenvalue weighted by Gasteiger charge is 2.09. The molecule has 0 spiro atoms. The van der Waals surface area contributed by atoms with E-state index in [2.05, 4.69) is 20.6 Å². The van der Waals surface area contributed by atoms with Crippen LogP contribution in [0.3, 0.4) is 0 Å². The molecule has 4 rings (SSSR count). The van der Waals surface area contributed by atoms with Gasteiger partial charge in [0, 0.05) is 18.1 Å². The number of hydrogen-bond donors (Lipinski definition) is 3. The summed E-state index contributed by atoms with van der Waals surface area (Å²) < 4.78 is 0. The first-order valence-electron chi connectivity index (χ1n) is 9.33. The number of rotatable bonds is 6. The van der Waals surface area contributed by atoms with Crippen LogP contribution in [0.25, 0.3) is 10.8 Å². The summed E-state index contributed by atoms with van der Waals surface area (Å²) in [7, 11) is 0. The lowest BCUT2D eigenvalue weighted by Crippen LogP contribution is -2.26. The molecule has 0 radical (unpaired) electrons. The summed E-state index contributed by atoms with van der Waals surface area (Å²) >= 11 is 0. The van der Waals surface area contributed by atoms with E-state index < -0.39 is 0 Å². The summed E-state index contributed by atoms with van der Waals surface area (Å²) in [6, 6.07) is 22.1. The van der Waals surface area contributed by atoms with Crippen molar-refractivity contribution in [3.63, 3.8) is 0 Å². The maximum absolute atomic E-state index is 12.4. The van der Waals surface area contributed by atoms with Gasteiger partial charge in [-0.25, -0.2) is 9.97 Å². The van der Waals surface area contributed by atoms with Crippen LogP contribution < -0.4 is 10.6 Å². The van der Waals surface area contributed by atoms with Gasteiger partial charge < -0.3 is 15.7 Å². The molecule has 6 heteroatoms. The van der Waals surface area contributed by atoms with Gasteiger partial charge in [-0.2, -0.15) is 0 Å². The van der Waals surface area contributed by atoms with E-state index >= 15 is 0 Å². The van der Waals surface area contributed by atoms with Crippen LogP contribution in [0.15, 0.2) is 79.0 Å². The van der Waals surface area contributed by atoms with Gasteiger partial charge >= 0.3 is 0 Å². The molecule has 0 aliphatic rings. The number of benzene rings is 2. The topological polar surface area (TPSA) is 87.1 Å². The maximum Gasteiger partial charge on any atom is 0.269 e. The molecule has 2 aromatic carbocycles. The van der Waals surface area contributed by atoms with Gasteiger partial charge in [-0.3, -0.25) is 4.79 Å². The van der Waals surface area contributed by atoms with Crippen LogP contribution in [0.4, 0.5) is 11.6 Å². The molecule has 0 saturated heterocycles. The third kappa shape index (κ3) is 4.50. The molecule has 0 bridgehead atoms. The van der Waals surface area contributed by atoms with Crippen LogP contribution >= 0.6 is 0 Å². The number of hydrogen-bond acceptors (Lipinski definition) is 5. The molecule has 4 aromatic rings. The Labute approximate surface area is 168 Å². The first kappa shape index (κ1) is 18.4. The molecule has 1 amide bonds. The van der Waals surface area contributed by atoms with Crippen LogP contribution in [0.1, 0.15) is 16.1 Å². The van der Waals surface area contributed by atoms with Gasteiger partial charge in [0.1, 0.15) is 23.1 Å². The molecule has 3 N–H and O–H groups in total. The van der Waals surface area contributed by atoms with Gasteiger partial charge in [-0.15, -0.1) is 0 Å². The van der Waals surface area contributed by atoms with E-state index in [1.54, 1.807) is 36.5 Å². The first-order valence-corrected chi connectivity index (χ1v) is 9.33. The van der Waals surface area contributed by atoms with E-state index in [1.165, 1.54) is 0 Å². The Morgan fingerprint density at radius 2 is 1.76 bits per heavy atom. The normalized spacial score (nSPS) is 10.6. The third-order valence-corrected chi connectivity index (χ3v) is 4.54. The van der Waals surface area contributed by atoms with Gasteiger partial charge in [0.15, 0.2) is 0 Å². The molecule has 0 fully saturated rings. The molecule has 0 atom stereocenters. The standard InChI is InChI=1S/C23H20N4O2/c28-18-10-8-16(9-11-18)12-14-25-23(29)20-6-3-7-21(26-20)27-22-19-5-2-1-4-17(19)13-15-24-22/h1-11,13,15,28H,12,14H2,(H,25,29)(H,24,26,27). The summed E-state index contributed by atoms with van der Waals surface area (Å²) in [5.41, 5.74) is 1.37. The van der Waals surface area contributed by atoms with Gasteiger partial charge in [-0.1, -0.05) is 42.5 Å². The van der Waals surface area contributed by atoms with Gasteiger partial charge in [0.25, 0.3) is 5.91 Å². The smallest absolute Gasteiger partial charge is 0.269 e. The molecule has 29 heavy (non-hydrogen) atoms. The van der Waals surface area contributed by atoms with E-state index in [4.69, 9.17) is 0 Å². The lowest BCUT2D eigenvalue weighted by atomic mass is 10.1. The molecular weight excluding hydrogens is 364 g/mol. The summed E-state index contributed by atoms with van der Waals surface area (Å²) in [4.78, 5) is 21.3. The van der Waals surface area contributed by atoms with Crippen molar-refractivity contribution >= 4 is 28.3 Å². The Morgan fingerprint density at radius 1 is 0.931 bits per heavy atom. The number of nitrogens with zero attached hydrogens (tertiary/aromatic N) is 2. The highest BCUT2D eigenvalue weighted by atomic mass is 16.3. The molecule has 0 unspecified atom stereocenters. The van der Waals surface area contributed by atoms with Crippen LogP contribution in [-0.2, 0) is 6.42 Å². The third-order valence-electron chi connectivity index (χ3n) is 4.54. The Morgan fingerprint density at radius 3 is 2.62 bits per heavy atom. The minimum absolute atomic E-state index is 0.229. The van der Waals surface area contributed by atoms with E-state index in [9.17, 15) is 9.90 Å². The zero-order chi connectivity index (χ0) is 20.1. The lowest BCUT2D eigenvalue weighted by Gasteiger charge is -2.10. The summed E-state index contributed by atoms with van der Waals surface area (Å²) in [6.45, 7) is 0.480. The minimum Gasteiger partial charge on any atom is -0.508 e. The Kier molecular flexibility index (Phi) is 5.33. The average molecular weight is 384 g/mol. The first-order chi connectivity index (χ1) is 14.2. The Balaban J connectivity index is 1.42. The quantitative estimate of drug-likeness (QED) is 0.467. The van der Waals surface area contributed by atoms with Crippen LogP contribution in [0, 0.1) is 0 Å². The number of carbonyl (C=O) groups is 1. The molecule has 0 saturated carbocycles. The van der Waals surface area contributed by atoms with Crippen molar-refractivity contribution in [1.82, 2.24) is 15.3 Å². The number of carbonyl (C=O) groups excluding carboxylic acids is 1. The number of anilines is 2. The van der Waals surface area contributed by atoms with E-state index in [0.717, 1.165) is 16.3 Å². The second kappa shape index (κ2) is 8.39. The molecule has 0 aliphatic heterocycles. The van der Waals surface area contributed by atoms with Crippen molar-refractivity contribution in [2.24, 2.45) is 0 Å². The van der Waals surface area contributed by atoms with Crippen LogP contribution in [0.2, 0.25) is 0 Å². The fourth-order valence-corrected chi connectivity index (χ4v) is 3.04. The number of phenolic OH excluding ortho intramolecular Hbond substituents is 1. The molecule has 2 aromatic heterocycles. The number of amides is 1. The molecule has 2 heterocycles. The van der Waals surface area contributed by atoms with E-state index in [-0.39, 0.29) is 11.7 Å². The van der Waals surface area contributed by atoms with Crippen molar-refractivity contribution in [2.45, 2.75) is 6.42 Å². The highest BCUT2D eigenvalue weighted by molar-refractivity contribution is 5.94. The Bertz CT molecular complexity index is 1140. The zero-order valence-corrected chi connectivity index (χ0v) is 15.7. The SMILES string of the molecule is O=C(NCCc1ccc(O)cc1)c1cccc(Nc2nccc3ccccc23)n1. The van der Waals surface area contributed by atoms with Crippen molar-refractivity contribution in [3.05, 3.63) is 90.3 Å². The second-order valence-corrected chi connectivity index (χ2v) is 6.59. The summed E-state index contributed by atoms with van der Waals surface area (Å²) in [6.07, 6.45) is 2.41. The number of aromatic nitrogens is 2. The molecule has 6 nitrogen and oxygen atoms in total. The van der Waals surface area contributed by atoms with Gasteiger partial charge in [0.2, 0.25) is 0 Å². The van der Waals surface area contributed by atoms with Crippen molar-refractivity contribution in [2.75, 3.05) is 11.9 Å². The second-order valence-electron chi connectivity index (χ2n) is 6.59. The monoisotopic (exact) mass is 384 g/mol. The van der Waals surface area contributed by atoms with E-state index in [1.807, 2.05) is 42.5 Å². The predicted molar refractivity (Wildman–Crippen MR) is 113 cm³/mol. The van der Waals surface area contributed by atoms with Crippen molar-refractivity contribution in [1.29, 1.82) is 0 Å². The Hall–Kier alpha value is -3.93. The fourth-order valence-electron chi connectivity index (χ4n) is 3.04. The van der Waals surface area contributed by atoms with Crippen LogP contribution in [-0.4, -0.2) is 27.5 Å². The maximum atomic E-state index is 12.4. The number of pyridine rings is 2. The van der Waals surface area contributed by atoms with Crippen LogP contribution in [0.5, 0.6) is 5.75 Å². The number of nitrogens with one attached hydrogen (secondary N) is 2. The molecule has 144 valence electrons. The van der Waals surface area contributed by atoms with Crippen molar-refractivity contribution in [3.8, 4) is 5.75 Å². The highest BCUT2D eigenvalue weighted by Crippen LogP contribution is 2.23. The lowest BCUT2D eigenvalue weighted by molar-refractivity contribution is 0.0949. The average Bonchev–Trinajstić information content (AvgIpc) is 2.75. The number of aromatic hydroxyl groups is 1. The largest absolute Gasteiger partial charge is 0.508 e. The zero-order valence-electron chi connectivity index (χ0n) is 15.7. The van der Waals surface area contributed by atoms with Gasteiger partial charge in [0.05, 0.1) is 0 Å². The predicted octanol–water partition coefficient (Wildman–Crippen LogP) is 4.05. The molecule has 0 aliphatic carbocycles. The number of phenols is 1. The number of fused-ring (bicyclic) bond motifs is 1.